The third kappa shape index (κ3) is 4.03. The smallest absolute Gasteiger partial charge is 0.227 e. The minimum atomic E-state index is -0.0615. The average Bonchev–Trinajstić information content (AvgIpc) is 3.25. The molecule has 0 saturated heterocycles. The lowest BCUT2D eigenvalue weighted by atomic mass is 10.0. The van der Waals surface area contributed by atoms with Crippen molar-refractivity contribution in [1.29, 1.82) is 0 Å². The first-order valence-corrected chi connectivity index (χ1v) is 9.13. The number of oxime groups is 1. The summed E-state index contributed by atoms with van der Waals surface area (Å²) in [4.78, 5) is 21.0. The molecule has 1 aliphatic heterocycles. The predicted octanol–water partition coefficient (Wildman–Crippen LogP) is 3.64. The zero-order valence-electron chi connectivity index (χ0n) is 14.1. The van der Waals surface area contributed by atoms with E-state index in [0.29, 0.717) is 19.5 Å². The topological polar surface area (TPSA) is 41.9 Å². The molecule has 3 rings (SSSR count). The van der Waals surface area contributed by atoms with Crippen molar-refractivity contribution in [1.82, 2.24) is 4.90 Å². The van der Waals surface area contributed by atoms with Gasteiger partial charge in [-0.05, 0) is 30.9 Å². The fraction of sp³-hybridized carbons (Fsp3) is 0.368. The molecule has 1 unspecified atom stereocenters. The van der Waals surface area contributed by atoms with Crippen LogP contribution in [0.5, 0.6) is 0 Å². The summed E-state index contributed by atoms with van der Waals surface area (Å²) in [5.41, 5.74) is 3.28. The van der Waals surface area contributed by atoms with Gasteiger partial charge in [-0.1, -0.05) is 41.1 Å². The lowest BCUT2D eigenvalue weighted by Gasteiger charge is -2.23. The molecule has 2 aromatic rings. The number of aryl methyl sites for hydroxylation is 1. The van der Waals surface area contributed by atoms with Crippen molar-refractivity contribution in [3.8, 4) is 0 Å². The van der Waals surface area contributed by atoms with Gasteiger partial charge in [-0.2, -0.15) is 0 Å². The van der Waals surface area contributed by atoms with Gasteiger partial charge in [0, 0.05) is 17.8 Å². The summed E-state index contributed by atoms with van der Waals surface area (Å²) in [6, 6.07) is 12.3. The van der Waals surface area contributed by atoms with E-state index in [1.54, 1.807) is 11.3 Å². The fourth-order valence-corrected chi connectivity index (χ4v) is 3.47. The minimum Gasteiger partial charge on any atom is -0.390 e. The first kappa shape index (κ1) is 16.7. The minimum absolute atomic E-state index is 0.0615. The van der Waals surface area contributed by atoms with Gasteiger partial charge in [0.25, 0.3) is 0 Å². The molecule has 24 heavy (non-hydrogen) atoms. The Morgan fingerprint density at radius 1 is 1.33 bits per heavy atom. The number of rotatable bonds is 6. The Bertz CT molecular complexity index is 707. The number of thiophene rings is 1. The highest BCUT2D eigenvalue weighted by molar-refractivity contribution is 7.10. The summed E-state index contributed by atoms with van der Waals surface area (Å²) in [5, 5.41) is 6.22. The van der Waals surface area contributed by atoms with Crippen LogP contribution < -0.4 is 0 Å². The molecule has 5 heteroatoms. The quantitative estimate of drug-likeness (QED) is 0.804. The van der Waals surface area contributed by atoms with Gasteiger partial charge < -0.3 is 9.74 Å². The van der Waals surface area contributed by atoms with Gasteiger partial charge in [-0.3, -0.25) is 4.79 Å². The standard InChI is InChI=1S/C19H22N2O2S/c1-3-21(19(22)12-17-5-4-10-24-17)13-16-11-18(20-23-16)15-8-6-14(2)7-9-15/h4-10,16H,3,11-13H2,1-2H3. The molecule has 0 radical (unpaired) electrons. The Morgan fingerprint density at radius 2 is 2.12 bits per heavy atom. The molecular weight excluding hydrogens is 320 g/mol. The second kappa shape index (κ2) is 7.62. The van der Waals surface area contributed by atoms with Gasteiger partial charge in [0.1, 0.15) is 0 Å². The van der Waals surface area contributed by atoms with E-state index in [1.807, 2.05) is 29.3 Å². The molecule has 126 valence electrons. The largest absolute Gasteiger partial charge is 0.390 e. The first-order chi connectivity index (χ1) is 11.7. The van der Waals surface area contributed by atoms with Gasteiger partial charge in [-0.25, -0.2) is 0 Å². The number of likely N-dealkylation sites (N-methyl/N-ethyl adjacent to an activating group) is 1. The number of hydrogen-bond acceptors (Lipinski definition) is 4. The molecule has 2 heterocycles. The normalized spacial score (nSPS) is 16.6. The Labute approximate surface area is 146 Å². The highest BCUT2D eigenvalue weighted by atomic mass is 32.1. The van der Waals surface area contributed by atoms with Crippen LogP contribution in [0.25, 0.3) is 0 Å². The number of benzene rings is 1. The van der Waals surface area contributed by atoms with E-state index in [2.05, 4.69) is 36.3 Å². The van der Waals surface area contributed by atoms with E-state index >= 15 is 0 Å². The number of nitrogens with zero attached hydrogens (tertiary/aromatic N) is 2. The van der Waals surface area contributed by atoms with Crippen LogP contribution in [0.3, 0.4) is 0 Å². The molecule has 0 aliphatic carbocycles. The summed E-state index contributed by atoms with van der Waals surface area (Å²) >= 11 is 1.62. The highest BCUT2D eigenvalue weighted by Gasteiger charge is 2.26. The molecule has 1 amide bonds. The van der Waals surface area contributed by atoms with Gasteiger partial charge in [0.05, 0.1) is 18.7 Å². The zero-order chi connectivity index (χ0) is 16.9. The van der Waals surface area contributed by atoms with E-state index in [4.69, 9.17) is 4.84 Å². The van der Waals surface area contributed by atoms with E-state index in [9.17, 15) is 4.79 Å². The molecule has 0 N–H and O–H groups in total. The Hall–Kier alpha value is -2.14. The number of carbonyl (C=O) groups is 1. The van der Waals surface area contributed by atoms with Crippen LogP contribution in [0.4, 0.5) is 0 Å². The van der Waals surface area contributed by atoms with Crippen molar-refractivity contribution < 1.29 is 9.63 Å². The zero-order valence-corrected chi connectivity index (χ0v) is 14.9. The molecule has 1 aliphatic rings. The van der Waals surface area contributed by atoms with Crippen molar-refractivity contribution in [2.45, 2.75) is 32.8 Å². The van der Waals surface area contributed by atoms with Gasteiger partial charge >= 0.3 is 0 Å². The maximum Gasteiger partial charge on any atom is 0.227 e. The van der Waals surface area contributed by atoms with Crippen LogP contribution >= 0.6 is 11.3 Å². The second-order valence-electron chi connectivity index (χ2n) is 6.02. The van der Waals surface area contributed by atoms with Crippen molar-refractivity contribution >= 4 is 23.0 Å². The van der Waals surface area contributed by atoms with Crippen LogP contribution in [0.15, 0.2) is 46.9 Å². The highest BCUT2D eigenvalue weighted by Crippen LogP contribution is 2.19. The maximum atomic E-state index is 12.5. The Morgan fingerprint density at radius 3 is 2.79 bits per heavy atom. The van der Waals surface area contributed by atoms with Crippen molar-refractivity contribution in [2.24, 2.45) is 5.16 Å². The molecule has 1 atom stereocenters. The summed E-state index contributed by atoms with van der Waals surface area (Å²) in [5.74, 6) is 0.146. The van der Waals surface area contributed by atoms with Crippen molar-refractivity contribution in [3.63, 3.8) is 0 Å². The van der Waals surface area contributed by atoms with Crippen LogP contribution in [0, 0.1) is 6.92 Å². The molecule has 1 aromatic heterocycles. The Kier molecular flexibility index (Phi) is 5.30. The SMILES string of the molecule is CCN(CC1CC(c2ccc(C)cc2)=NO1)C(=O)Cc1cccs1. The van der Waals surface area contributed by atoms with Crippen molar-refractivity contribution in [2.75, 3.05) is 13.1 Å². The number of hydrogen-bond donors (Lipinski definition) is 0. The monoisotopic (exact) mass is 342 g/mol. The second-order valence-corrected chi connectivity index (χ2v) is 7.06. The molecule has 4 nitrogen and oxygen atoms in total. The fourth-order valence-electron chi connectivity index (χ4n) is 2.77. The van der Waals surface area contributed by atoms with E-state index < -0.39 is 0 Å². The van der Waals surface area contributed by atoms with Gasteiger partial charge in [-0.15, -0.1) is 11.3 Å². The molecule has 0 saturated carbocycles. The van der Waals surface area contributed by atoms with Crippen LogP contribution in [0.1, 0.15) is 29.3 Å². The van der Waals surface area contributed by atoms with E-state index in [-0.39, 0.29) is 12.0 Å². The Balaban J connectivity index is 1.56. The molecule has 0 spiro atoms. The lowest BCUT2D eigenvalue weighted by molar-refractivity contribution is -0.131. The molecule has 0 fully saturated rings. The summed E-state index contributed by atoms with van der Waals surface area (Å²) in [7, 11) is 0. The van der Waals surface area contributed by atoms with E-state index in [0.717, 1.165) is 22.6 Å². The predicted molar refractivity (Wildman–Crippen MR) is 97.5 cm³/mol. The van der Waals surface area contributed by atoms with Crippen molar-refractivity contribution in [3.05, 3.63) is 57.8 Å². The maximum absolute atomic E-state index is 12.5. The summed E-state index contributed by atoms with van der Waals surface area (Å²) in [6.07, 6.45) is 1.14. The van der Waals surface area contributed by atoms with E-state index in [1.165, 1.54) is 5.56 Å². The summed E-state index contributed by atoms with van der Waals surface area (Å²) in [6.45, 7) is 5.34. The first-order valence-electron chi connectivity index (χ1n) is 8.25. The third-order valence-corrected chi connectivity index (χ3v) is 5.06. The summed E-state index contributed by atoms with van der Waals surface area (Å²) < 4.78 is 0. The number of carbonyl (C=O) groups excluding carboxylic acids is 1. The van der Waals surface area contributed by atoms with Crippen LogP contribution in [-0.2, 0) is 16.1 Å². The molecule has 1 aromatic carbocycles. The third-order valence-electron chi connectivity index (χ3n) is 4.18. The lowest BCUT2D eigenvalue weighted by Crippen LogP contribution is -2.38. The van der Waals surface area contributed by atoms with Crippen LogP contribution in [0.2, 0.25) is 0 Å². The molecule has 0 bridgehead atoms. The average molecular weight is 342 g/mol. The van der Waals surface area contributed by atoms with Gasteiger partial charge in [0.2, 0.25) is 5.91 Å². The molecular formula is C19H22N2O2S. The van der Waals surface area contributed by atoms with Gasteiger partial charge in [0.15, 0.2) is 6.10 Å². The van der Waals surface area contributed by atoms with Crippen LogP contribution in [-0.4, -0.2) is 35.7 Å². The number of amides is 1.